The summed E-state index contributed by atoms with van der Waals surface area (Å²) in [7, 11) is 0. The average Bonchev–Trinajstić information content (AvgIpc) is 2.50. The van der Waals surface area contributed by atoms with Crippen LogP contribution >= 0.6 is 0 Å². The van der Waals surface area contributed by atoms with Gasteiger partial charge in [0.2, 0.25) is 0 Å². The summed E-state index contributed by atoms with van der Waals surface area (Å²) in [6.07, 6.45) is 5.26. The van der Waals surface area contributed by atoms with Gasteiger partial charge in [0.05, 0.1) is 0 Å². The summed E-state index contributed by atoms with van der Waals surface area (Å²) in [5.41, 5.74) is 10.7. The van der Waals surface area contributed by atoms with Crippen LogP contribution in [0.4, 0.5) is 5.69 Å². The van der Waals surface area contributed by atoms with Gasteiger partial charge in [0.1, 0.15) is 5.69 Å². The first-order chi connectivity index (χ1) is 11.0. The number of hydrogen-bond donors (Lipinski definition) is 2. The van der Waals surface area contributed by atoms with Crippen molar-refractivity contribution in [1.82, 2.24) is 4.98 Å². The zero-order valence-electron chi connectivity index (χ0n) is 13.7. The normalized spacial score (nSPS) is 15.7. The third-order valence-corrected chi connectivity index (χ3v) is 5.07. The molecule has 23 heavy (non-hydrogen) atoms. The van der Waals surface area contributed by atoms with E-state index in [2.05, 4.69) is 42.3 Å². The Kier molecular flexibility index (Phi) is 4.07. The van der Waals surface area contributed by atoms with E-state index in [0.29, 0.717) is 5.69 Å². The molecule has 0 atom stereocenters. The van der Waals surface area contributed by atoms with Crippen LogP contribution in [0.1, 0.15) is 46.4 Å². The van der Waals surface area contributed by atoms with E-state index in [4.69, 9.17) is 5.73 Å². The van der Waals surface area contributed by atoms with Crippen molar-refractivity contribution in [2.75, 3.05) is 11.9 Å². The molecule has 0 aliphatic heterocycles. The van der Waals surface area contributed by atoms with Gasteiger partial charge >= 0.3 is 0 Å². The van der Waals surface area contributed by atoms with Crippen molar-refractivity contribution in [3.8, 4) is 0 Å². The van der Waals surface area contributed by atoms with Crippen LogP contribution in [0.3, 0.4) is 0 Å². The summed E-state index contributed by atoms with van der Waals surface area (Å²) in [4.78, 5) is 15.2. The minimum absolute atomic E-state index is 0.189. The molecule has 2 aromatic rings. The molecule has 1 heterocycles. The highest BCUT2D eigenvalue weighted by Crippen LogP contribution is 2.44. The number of carbonyl (C=O) groups is 1. The molecule has 0 saturated heterocycles. The number of anilines is 1. The molecule has 1 aliphatic carbocycles. The Morgan fingerprint density at radius 3 is 2.61 bits per heavy atom. The lowest BCUT2D eigenvalue weighted by molar-refractivity contribution is 0.0995. The Morgan fingerprint density at radius 1 is 1.22 bits per heavy atom. The summed E-state index contributed by atoms with van der Waals surface area (Å²) in [6.45, 7) is 5.17. The average molecular weight is 309 g/mol. The number of hydrogen-bond acceptors (Lipinski definition) is 3. The predicted molar refractivity (Wildman–Crippen MR) is 92.7 cm³/mol. The second-order valence-corrected chi connectivity index (χ2v) is 6.58. The molecule has 4 nitrogen and oxygen atoms in total. The Hall–Kier alpha value is -2.36. The van der Waals surface area contributed by atoms with Crippen LogP contribution in [0.25, 0.3) is 0 Å². The first kappa shape index (κ1) is 15.5. The fourth-order valence-electron chi connectivity index (χ4n) is 3.19. The van der Waals surface area contributed by atoms with E-state index in [1.807, 2.05) is 6.07 Å². The lowest BCUT2D eigenvalue weighted by Crippen LogP contribution is -2.41. The van der Waals surface area contributed by atoms with Gasteiger partial charge in [0.25, 0.3) is 5.91 Å². The van der Waals surface area contributed by atoms with E-state index in [-0.39, 0.29) is 5.41 Å². The van der Waals surface area contributed by atoms with E-state index in [1.165, 1.54) is 36.0 Å². The summed E-state index contributed by atoms with van der Waals surface area (Å²) >= 11 is 0. The minimum Gasteiger partial charge on any atom is -0.384 e. The Labute approximate surface area is 137 Å². The zero-order chi connectivity index (χ0) is 16.4. The van der Waals surface area contributed by atoms with Crippen molar-refractivity contribution in [3.05, 3.63) is 58.9 Å². The molecule has 0 radical (unpaired) electrons. The zero-order valence-corrected chi connectivity index (χ0v) is 13.7. The molecular formula is C19H23N3O. The fraction of sp³-hybridized carbons (Fsp3) is 0.368. The van der Waals surface area contributed by atoms with Gasteiger partial charge in [-0.05, 0) is 55.5 Å². The topological polar surface area (TPSA) is 68.0 Å². The summed E-state index contributed by atoms with van der Waals surface area (Å²) in [5.74, 6) is -0.499. The van der Waals surface area contributed by atoms with E-state index >= 15 is 0 Å². The number of aryl methyl sites for hydroxylation is 2. The maximum Gasteiger partial charge on any atom is 0.267 e. The molecule has 3 N–H and O–H groups in total. The Morgan fingerprint density at radius 2 is 2.00 bits per heavy atom. The van der Waals surface area contributed by atoms with Crippen molar-refractivity contribution >= 4 is 11.6 Å². The maximum absolute atomic E-state index is 11.2. The molecule has 3 rings (SSSR count). The first-order valence-electron chi connectivity index (χ1n) is 8.08. The van der Waals surface area contributed by atoms with Crippen molar-refractivity contribution in [1.29, 1.82) is 0 Å². The standard InChI is InChI=1S/C19H23N3O/c1-13-4-5-15(10-14(13)2)19(7-3-8-19)12-22-16-6-9-21-17(11-16)18(20)23/h4-6,9-11H,3,7-8,12H2,1-2H3,(H2,20,23)(H,21,22). The van der Waals surface area contributed by atoms with Crippen LogP contribution in [-0.2, 0) is 5.41 Å². The highest BCUT2D eigenvalue weighted by Gasteiger charge is 2.38. The van der Waals surface area contributed by atoms with Gasteiger partial charge in [-0.25, -0.2) is 0 Å². The number of nitrogens with zero attached hydrogens (tertiary/aromatic N) is 1. The Bertz CT molecular complexity index is 735. The SMILES string of the molecule is Cc1ccc(C2(CNc3ccnc(C(N)=O)c3)CCC2)cc1C. The number of pyridine rings is 1. The predicted octanol–water partition coefficient (Wildman–Crippen LogP) is 3.33. The maximum atomic E-state index is 11.2. The van der Waals surface area contributed by atoms with E-state index < -0.39 is 5.91 Å². The summed E-state index contributed by atoms with van der Waals surface area (Å²) < 4.78 is 0. The van der Waals surface area contributed by atoms with E-state index in [9.17, 15) is 4.79 Å². The molecule has 1 fully saturated rings. The van der Waals surface area contributed by atoms with Crippen LogP contribution in [0, 0.1) is 13.8 Å². The van der Waals surface area contributed by atoms with Gasteiger partial charge in [0.15, 0.2) is 0 Å². The second-order valence-electron chi connectivity index (χ2n) is 6.58. The third-order valence-electron chi connectivity index (χ3n) is 5.07. The van der Waals surface area contributed by atoms with Crippen molar-refractivity contribution in [2.24, 2.45) is 5.73 Å². The number of amides is 1. The largest absolute Gasteiger partial charge is 0.384 e. The lowest BCUT2D eigenvalue weighted by Gasteiger charge is -2.43. The van der Waals surface area contributed by atoms with Gasteiger partial charge in [-0.3, -0.25) is 9.78 Å². The minimum atomic E-state index is -0.499. The molecule has 1 saturated carbocycles. The Balaban J connectivity index is 1.78. The van der Waals surface area contributed by atoms with Crippen LogP contribution in [-0.4, -0.2) is 17.4 Å². The van der Waals surface area contributed by atoms with Crippen LogP contribution in [0.15, 0.2) is 36.5 Å². The quantitative estimate of drug-likeness (QED) is 0.890. The van der Waals surface area contributed by atoms with Crippen LogP contribution in [0.5, 0.6) is 0 Å². The number of aromatic nitrogens is 1. The monoisotopic (exact) mass is 309 g/mol. The second kappa shape index (κ2) is 6.03. The van der Waals surface area contributed by atoms with Gasteiger partial charge < -0.3 is 11.1 Å². The summed E-state index contributed by atoms with van der Waals surface area (Å²) in [6, 6.07) is 10.4. The molecule has 120 valence electrons. The third kappa shape index (κ3) is 3.07. The molecule has 0 bridgehead atoms. The molecule has 1 amide bonds. The molecule has 1 aromatic heterocycles. The van der Waals surface area contributed by atoms with E-state index in [1.54, 1.807) is 12.3 Å². The number of nitrogens with one attached hydrogen (secondary N) is 1. The number of nitrogens with two attached hydrogens (primary N) is 1. The summed E-state index contributed by atoms with van der Waals surface area (Å²) in [5, 5.41) is 3.47. The number of benzene rings is 1. The van der Waals surface area contributed by atoms with Crippen LogP contribution in [0.2, 0.25) is 0 Å². The van der Waals surface area contributed by atoms with Gasteiger partial charge in [0, 0.05) is 23.8 Å². The van der Waals surface area contributed by atoms with Crippen LogP contribution < -0.4 is 11.1 Å². The highest BCUT2D eigenvalue weighted by molar-refractivity contribution is 5.91. The van der Waals surface area contributed by atoms with Crippen molar-refractivity contribution in [3.63, 3.8) is 0 Å². The van der Waals surface area contributed by atoms with Crippen molar-refractivity contribution < 1.29 is 4.79 Å². The molecule has 1 aromatic carbocycles. The van der Waals surface area contributed by atoms with Crippen molar-refractivity contribution in [2.45, 2.75) is 38.5 Å². The molecular weight excluding hydrogens is 286 g/mol. The molecule has 0 spiro atoms. The van der Waals surface area contributed by atoms with Gasteiger partial charge in [-0.15, -0.1) is 0 Å². The lowest BCUT2D eigenvalue weighted by atomic mass is 9.64. The number of primary amides is 1. The van der Waals surface area contributed by atoms with Gasteiger partial charge in [-0.1, -0.05) is 24.6 Å². The smallest absolute Gasteiger partial charge is 0.267 e. The highest BCUT2D eigenvalue weighted by atomic mass is 16.1. The number of rotatable bonds is 5. The first-order valence-corrected chi connectivity index (χ1v) is 8.08. The molecule has 0 unspecified atom stereocenters. The van der Waals surface area contributed by atoms with Gasteiger partial charge in [-0.2, -0.15) is 0 Å². The molecule has 4 heteroatoms. The number of carbonyl (C=O) groups excluding carboxylic acids is 1. The fourth-order valence-corrected chi connectivity index (χ4v) is 3.19. The molecule has 1 aliphatic rings. The van der Waals surface area contributed by atoms with E-state index in [0.717, 1.165) is 12.2 Å².